The Kier molecular flexibility index (Phi) is 6.49. The van der Waals surface area contributed by atoms with Gasteiger partial charge in [0, 0.05) is 43.6 Å². The summed E-state index contributed by atoms with van der Waals surface area (Å²) in [7, 11) is 0. The van der Waals surface area contributed by atoms with E-state index in [1.54, 1.807) is 6.07 Å². The quantitative estimate of drug-likeness (QED) is 0.811. The van der Waals surface area contributed by atoms with Crippen molar-refractivity contribution in [1.82, 2.24) is 14.9 Å². The normalized spacial score (nSPS) is 16.7. The van der Waals surface area contributed by atoms with Gasteiger partial charge in [-0.15, -0.1) is 0 Å². The van der Waals surface area contributed by atoms with Crippen LogP contribution in [0.15, 0.2) is 30.6 Å². The van der Waals surface area contributed by atoms with Crippen molar-refractivity contribution in [3.05, 3.63) is 41.9 Å². The summed E-state index contributed by atoms with van der Waals surface area (Å²) in [6.45, 7) is 12.2. The van der Waals surface area contributed by atoms with Crippen molar-refractivity contribution in [2.45, 2.75) is 40.5 Å². The van der Waals surface area contributed by atoms with Gasteiger partial charge in [-0.1, -0.05) is 6.92 Å². The highest BCUT2D eigenvalue weighted by Crippen LogP contribution is 2.25. The van der Waals surface area contributed by atoms with E-state index in [0.717, 1.165) is 43.9 Å². The topological polar surface area (TPSA) is 61.4 Å². The Hall–Kier alpha value is -2.63. The zero-order valence-corrected chi connectivity index (χ0v) is 17.4. The first kappa shape index (κ1) is 20.1. The van der Waals surface area contributed by atoms with Crippen LogP contribution in [0.5, 0.6) is 0 Å². The summed E-state index contributed by atoms with van der Waals surface area (Å²) < 4.78 is 0. The Labute approximate surface area is 168 Å². The molecule has 6 nitrogen and oxygen atoms in total. The number of hydrogen-bond acceptors (Lipinski definition) is 5. The molecule has 2 aromatic rings. The van der Waals surface area contributed by atoms with Gasteiger partial charge in [0.15, 0.2) is 0 Å². The Balaban J connectivity index is 1.75. The summed E-state index contributed by atoms with van der Waals surface area (Å²) in [6.07, 6.45) is 3.70. The molecule has 1 amide bonds. The van der Waals surface area contributed by atoms with Crippen molar-refractivity contribution >= 4 is 23.1 Å². The maximum atomic E-state index is 12.8. The first-order chi connectivity index (χ1) is 13.5. The van der Waals surface area contributed by atoms with E-state index < -0.39 is 0 Å². The Bertz CT molecular complexity index is 818. The van der Waals surface area contributed by atoms with Crippen LogP contribution < -0.4 is 10.2 Å². The highest BCUT2D eigenvalue weighted by molar-refractivity contribution is 5.93. The van der Waals surface area contributed by atoms with Crippen molar-refractivity contribution in [3.63, 3.8) is 0 Å². The van der Waals surface area contributed by atoms with Gasteiger partial charge in [0.2, 0.25) is 0 Å². The van der Waals surface area contributed by atoms with Crippen LogP contribution in [0.4, 0.5) is 17.2 Å². The fraction of sp³-hybridized carbons (Fsp3) is 0.500. The van der Waals surface area contributed by atoms with Crippen LogP contribution in [0.2, 0.25) is 0 Å². The second-order valence-corrected chi connectivity index (χ2v) is 7.58. The number of aromatic nitrogens is 2. The molecular formula is C22H31N5O. The fourth-order valence-electron chi connectivity index (χ4n) is 3.79. The molecule has 150 valence electrons. The summed E-state index contributed by atoms with van der Waals surface area (Å²) in [5.74, 6) is 1.18. The van der Waals surface area contributed by atoms with E-state index in [2.05, 4.69) is 66.1 Å². The van der Waals surface area contributed by atoms with Gasteiger partial charge in [0.05, 0.1) is 0 Å². The third-order valence-electron chi connectivity index (χ3n) is 5.43. The van der Waals surface area contributed by atoms with Crippen molar-refractivity contribution in [2.24, 2.45) is 5.92 Å². The molecule has 6 heteroatoms. The van der Waals surface area contributed by atoms with E-state index in [4.69, 9.17) is 0 Å². The third kappa shape index (κ3) is 4.61. The molecule has 0 spiro atoms. The number of carbonyl (C=O) groups is 1. The maximum Gasteiger partial charge on any atom is 0.272 e. The standard InChI is InChI=1S/C22H31N5O/c1-5-26(6-2)18-9-10-19(17(4)12-18)25-21-13-20(23-15-24-21)22(28)27-11-7-8-16(3)14-27/h9-10,12-13,15-16H,5-8,11,14H2,1-4H3,(H,23,24,25). The van der Waals surface area contributed by atoms with Gasteiger partial charge in [0.1, 0.15) is 17.8 Å². The lowest BCUT2D eigenvalue weighted by Gasteiger charge is -2.30. The van der Waals surface area contributed by atoms with Gasteiger partial charge in [-0.05, 0) is 63.3 Å². The van der Waals surface area contributed by atoms with E-state index in [0.29, 0.717) is 17.4 Å². The molecule has 1 aliphatic heterocycles. The molecule has 1 aliphatic rings. The Morgan fingerprint density at radius 3 is 2.71 bits per heavy atom. The lowest BCUT2D eigenvalue weighted by Crippen LogP contribution is -2.39. The van der Waals surface area contributed by atoms with Crippen LogP contribution in [0.25, 0.3) is 0 Å². The molecule has 1 fully saturated rings. The van der Waals surface area contributed by atoms with Crippen LogP contribution in [0.1, 0.15) is 49.7 Å². The molecule has 1 atom stereocenters. The van der Waals surface area contributed by atoms with E-state index in [1.807, 2.05) is 4.90 Å². The molecule has 3 rings (SSSR count). The largest absolute Gasteiger partial charge is 0.372 e. The number of piperidine rings is 1. The van der Waals surface area contributed by atoms with E-state index >= 15 is 0 Å². The number of benzene rings is 1. The molecule has 1 aromatic carbocycles. The Morgan fingerprint density at radius 1 is 1.25 bits per heavy atom. The zero-order chi connectivity index (χ0) is 20.1. The zero-order valence-electron chi connectivity index (χ0n) is 17.4. The molecule has 28 heavy (non-hydrogen) atoms. The summed E-state index contributed by atoms with van der Waals surface area (Å²) in [6, 6.07) is 8.11. The molecule has 0 aliphatic carbocycles. The second-order valence-electron chi connectivity index (χ2n) is 7.58. The molecule has 0 radical (unpaired) electrons. The average molecular weight is 382 g/mol. The Morgan fingerprint density at radius 2 is 2.04 bits per heavy atom. The SMILES string of the molecule is CCN(CC)c1ccc(Nc2cc(C(=O)N3CCCC(C)C3)ncn2)c(C)c1. The van der Waals surface area contributed by atoms with Crippen molar-refractivity contribution in [3.8, 4) is 0 Å². The molecule has 1 N–H and O–H groups in total. The van der Waals surface area contributed by atoms with Crippen molar-refractivity contribution < 1.29 is 4.79 Å². The lowest BCUT2D eigenvalue weighted by atomic mass is 10.00. The number of hydrogen-bond donors (Lipinski definition) is 1. The minimum absolute atomic E-state index is 0.00870. The first-order valence-corrected chi connectivity index (χ1v) is 10.3. The minimum Gasteiger partial charge on any atom is -0.372 e. The van der Waals surface area contributed by atoms with Gasteiger partial charge < -0.3 is 15.1 Å². The number of aryl methyl sites for hydroxylation is 1. The van der Waals surface area contributed by atoms with Crippen LogP contribution in [-0.4, -0.2) is 47.0 Å². The molecule has 0 bridgehead atoms. The molecular weight excluding hydrogens is 350 g/mol. The summed E-state index contributed by atoms with van der Waals surface area (Å²) in [5.41, 5.74) is 3.79. The van der Waals surface area contributed by atoms with Gasteiger partial charge in [0.25, 0.3) is 5.91 Å². The van der Waals surface area contributed by atoms with E-state index in [9.17, 15) is 4.79 Å². The highest BCUT2D eigenvalue weighted by Gasteiger charge is 2.23. The molecule has 1 saturated heterocycles. The highest BCUT2D eigenvalue weighted by atomic mass is 16.2. The number of amides is 1. The fourth-order valence-corrected chi connectivity index (χ4v) is 3.79. The number of nitrogens with one attached hydrogen (secondary N) is 1. The summed E-state index contributed by atoms with van der Waals surface area (Å²) in [4.78, 5) is 25.5. The monoisotopic (exact) mass is 381 g/mol. The van der Waals surface area contributed by atoms with Crippen LogP contribution >= 0.6 is 0 Å². The number of nitrogens with zero attached hydrogens (tertiary/aromatic N) is 4. The van der Waals surface area contributed by atoms with Gasteiger partial charge in [-0.3, -0.25) is 4.79 Å². The van der Waals surface area contributed by atoms with Gasteiger partial charge >= 0.3 is 0 Å². The first-order valence-electron chi connectivity index (χ1n) is 10.3. The number of carbonyl (C=O) groups excluding carboxylic acids is 1. The summed E-state index contributed by atoms with van der Waals surface area (Å²) in [5, 5.41) is 3.34. The number of rotatable bonds is 6. The van der Waals surface area contributed by atoms with Crippen LogP contribution in [0.3, 0.4) is 0 Å². The number of anilines is 3. The van der Waals surface area contributed by atoms with E-state index in [1.165, 1.54) is 18.4 Å². The smallest absolute Gasteiger partial charge is 0.272 e. The van der Waals surface area contributed by atoms with Crippen LogP contribution in [-0.2, 0) is 0 Å². The van der Waals surface area contributed by atoms with Crippen LogP contribution in [0, 0.1) is 12.8 Å². The number of likely N-dealkylation sites (tertiary alicyclic amines) is 1. The molecule has 1 aromatic heterocycles. The van der Waals surface area contributed by atoms with Crippen molar-refractivity contribution in [1.29, 1.82) is 0 Å². The lowest BCUT2D eigenvalue weighted by molar-refractivity contribution is 0.0677. The maximum absolute atomic E-state index is 12.8. The van der Waals surface area contributed by atoms with E-state index in [-0.39, 0.29) is 5.91 Å². The predicted octanol–water partition coefficient (Wildman–Crippen LogP) is 4.25. The average Bonchev–Trinajstić information content (AvgIpc) is 2.70. The minimum atomic E-state index is -0.00870. The second kappa shape index (κ2) is 9.04. The molecule has 1 unspecified atom stereocenters. The molecule has 2 heterocycles. The third-order valence-corrected chi connectivity index (χ3v) is 5.43. The van der Waals surface area contributed by atoms with Gasteiger partial charge in [-0.2, -0.15) is 0 Å². The summed E-state index contributed by atoms with van der Waals surface area (Å²) >= 11 is 0. The van der Waals surface area contributed by atoms with Gasteiger partial charge in [-0.25, -0.2) is 9.97 Å². The predicted molar refractivity (Wildman–Crippen MR) is 114 cm³/mol. The van der Waals surface area contributed by atoms with Crippen molar-refractivity contribution in [2.75, 3.05) is 36.4 Å². The molecule has 0 saturated carbocycles.